The Morgan fingerprint density at radius 3 is 2.42 bits per heavy atom. The summed E-state index contributed by atoms with van der Waals surface area (Å²) in [5.74, 6) is 0.787. The van der Waals surface area contributed by atoms with Crippen LogP contribution in [-0.2, 0) is 16.4 Å². The predicted octanol–water partition coefficient (Wildman–Crippen LogP) is 5.24. The minimum absolute atomic E-state index is 0.126. The molecule has 0 aliphatic carbocycles. The summed E-state index contributed by atoms with van der Waals surface area (Å²) in [6, 6.07) is 26.8. The third-order valence-electron chi connectivity index (χ3n) is 9.03. The van der Waals surface area contributed by atoms with Crippen LogP contribution in [0.5, 0.6) is 0 Å². The third kappa shape index (κ3) is 5.21. The number of nitrogens with one attached hydrogen (secondary N) is 1. The van der Waals surface area contributed by atoms with E-state index >= 15 is 0 Å². The number of hydrogen-bond acceptors (Lipinski definition) is 8. The fraction of sp³-hybridized carbons (Fsp3) is 0.265. The summed E-state index contributed by atoms with van der Waals surface area (Å²) in [4.78, 5) is 27.9. The number of hydrogen-bond donors (Lipinski definition) is 1. The number of anilines is 5. The summed E-state index contributed by atoms with van der Waals surface area (Å²) in [5.41, 5.74) is 4.44. The van der Waals surface area contributed by atoms with Crippen molar-refractivity contribution < 1.29 is 8.42 Å². The van der Waals surface area contributed by atoms with Gasteiger partial charge in [0.15, 0.2) is 5.37 Å². The molecule has 2 aliphatic heterocycles. The summed E-state index contributed by atoms with van der Waals surface area (Å²) in [5, 5.41) is 2.61. The average Bonchev–Trinajstić information content (AvgIpc) is 3.49. The highest BCUT2D eigenvalue weighted by Gasteiger charge is 2.40. The molecule has 0 spiro atoms. The fourth-order valence-corrected chi connectivity index (χ4v) is 8.14. The lowest BCUT2D eigenvalue weighted by Gasteiger charge is -2.34. The van der Waals surface area contributed by atoms with Crippen LogP contribution < -0.4 is 20.1 Å². The zero-order chi connectivity index (χ0) is 31.3. The molecule has 3 aromatic carbocycles. The van der Waals surface area contributed by atoms with Gasteiger partial charge in [0.2, 0.25) is 5.95 Å². The van der Waals surface area contributed by atoms with E-state index in [0.29, 0.717) is 22.7 Å². The first-order valence-corrected chi connectivity index (χ1v) is 16.5. The second-order valence-electron chi connectivity index (χ2n) is 11.9. The molecular formula is C34H35N7O3S. The standard InChI is InChI=1S/C34H35N7O3S/c1-38-18-17-25(22-38)23-13-15-27(16-14-23)36-34-35-21-26-19-30(39(2)28-10-5-4-6-11-28)33(42)41(32(26)37-34)31-20-24-9-7-8-12-29(24)40(3)45(31,43)44/h4-16,19,21,25,31H,17-18,20,22H2,1-3H3,(H,35,36,37). The highest BCUT2D eigenvalue weighted by molar-refractivity contribution is 7.92. The van der Waals surface area contributed by atoms with Gasteiger partial charge in [-0.15, -0.1) is 0 Å². The quantitative estimate of drug-likeness (QED) is 0.275. The summed E-state index contributed by atoms with van der Waals surface area (Å²) in [6.07, 6.45) is 2.90. The molecule has 2 atom stereocenters. The number of sulfonamides is 1. The number of aromatic nitrogens is 3. The zero-order valence-corrected chi connectivity index (χ0v) is 26.3. The summed E-state index contributed by atoms with van der Waals surface area (Å²) in [7, 11) is 1.48. The van der Waals surface area contributed by atoms with Gasteiger partial charge in [-0.05, 0) is 73.5 Å². The van der Waals surface area contributed by atoms with Crippen LogP contribution in [0.3, 0.4) is 0 Å². The number of fused-ring (bicyclic) bond motifs is 2. The van der Waals surface area contributed by atoms with Crippen molar-refractivity contribution in [3.8, 4) is 0 Å². The Bertz CT molecular complexity index is 2050. The van der Waals surface area contributed by atoms with Crippen LogP contribution >= 0.6 is 0 Å². The van der Waals surface area contributed by atoms with Crippen LogP contribution in [-0.4, -0.2) is 62.1 Å². The number of pyridine rings is 1. The Hall–Kier alpha value is -4.74. The van der Waals surface area contributed by atoms with Crippen molar-refractivity contribution in [1.82, 2.24) is 19.4 Å². The zero-order valence-electron chi connectivity index (χ0n) is 25.5. The van der Waals surface area contributed by atoms with Gasteiger partial charge in [0.05, 0.1) is 5.69 Å². The molecule has 5 aromatic rings. The van der Waals surface area contributed by atoms with Gasteiger partial charge in [0.1, 0.15) is 11.3 Å². The number of likely N-dealkylation sites (tertiary alicyclic amines) is 1. The first-order valence-electron chi connectivity index (χ1n) is 15.0. The van der Waals surface area contributed by atoms with Gasteiger partial charge in [0.25, 0.3) is 15.6 Å². The normalized spacial score (nSPS) is 19.4. The van der Waals surface area contributed by atoms with Crippen molar-refractivity contribution in [1.29, 1.82) is 0 Å². The van der Waals surface area contributed by atoms with Crippen LogP contribution in [0, 0.1) is 0 Å². The third-order valence-corrected chi connectivity index (χ3v) is 11.1. The molecule has 1 saturated heterocycles. The second kappa shape index (κ2) is 11.3. The van der Waals surface area contributed by atoms with E-state index in [1.165, 1.54) is 21.5 Å². The van der Waals surface area contributed by atoms with E-state index in [4.69, 9.17) is 4.98 Å². The van der Waals surface area contributed by atoms with E-state index in [1.807, 2.05) is 60.7 Å². The minimum Gasteiger partial charge on any atom is -0.340 e. The number of rotatable bonds is 6. The van der Waals surface area contributed by atoms with Crippen molar-refractivity contribution in [3.63, 3.8) is 0 Å². The molecule has 2 aromatic heterocycles. The van der Waals surface area contributed by atoms with Gasteiger partial charge in [-0.3, -0.25) is 13.7 Å². The van der Waals surface area contributed by atoms with Crippen molar-refractivity contribution in [3.05, 3.63) is 113 Å². The molecule has 2 aliphatic rings. The smallest absolute Gasteiger partial charge is 0.277 e. The number of likely N-dealkylation sites (N-methyl/N-ethyl adjacent to an activating group) is 1. The Morgan fingerprint density at radius 1 is 0.956 bits per heavy atom. The highest BCUT2D eigenvalue weighted by atomic mass is 32.2. The van der Waals surface area contributed by atoms with Crippen molar-refractivity contribution >= 4 is 49.8 Å². The van der Waals surface area contributed by atoms with Gasteiger partial charge in [0, 0.05) is 50.0 Å². The molecule has 0 bridgehead atoms. The van der Waals surface area contributed by atoms with Crippen LogP contribution in [0.2, 0.25) is 0 Å². The van der Waals surface area contributed by atoms with Crippen molar-refractivity contribution in [2.75, 3.05) is 48.8 Å². The lowest BCUT2D eigenvalue weighted by Crippen LogP contribution is -2.43. The Labute approximate surface area is 262 Å². The number of para-hydroxylation sites is 2. The van der Waals surface area contributed by atoms with Crippen LogP contribution in [0.1, 0.15) is 28.8 Å². The molecule has 0 amide bonds. The Balaban J connectivity index is 1.34. The molecule has 4 heterocycles. The van der Waals surface area contributed by atoms with Gasteiger partial charge < -0.3 is 15.1 Å². The molecule has 7 rings (SSSR count). The molecule has 0 saturated carbocycles. The number of nitrogens with zero attached hydrogens (tertiary/aromatic N) is 6. The molecule has 0 radical (unpaired) electrons. The van der Waals surface area contributed by atoms with Gasteiger partial charge >= 0.3 is 0 Å². The minimum atomic E-state index is -3.98. The monoisotopic (exact) mass is 621 g/mol. The lowest BCUT2D eigenvalue weighted by molar-refractivity contribution is 0.411. The van der Waals surface area contributed by atoms with Crippen molar-refractivity contribution in [2.45, 2.75) is 24.1 Å². The van der Waals surface area contributed by atoms with Crippen LogP contribution in [0.25, 0.3) is 11.0 Å². The fourth-order valence-electron chi connectivity index (χ4n) is 6.47. The molecule has 11 heteroatoms. The van der Waals surface area contributed by atoms with E-state index in [-0.39, 0.29) is 18.0 Å². The summed E-state index contributed by atoms with van der Waals surface area (Å²) < 4.78 is 30.7. The Kier molecular flexibility index (Phi) is 7.29. The van der Waals surface area contributed by atoms with E-state index < -0.39 is 21.0 Å². The first kappa shape index (κ1) is 29.0. The molecule has 1 N–H and O–H groups in total. The maximum absolute atomic E-state index is 14.4. The van der Waals surface area contributed by atoms with E-state index in [1.54, 1.807) is 30.3 Å². The van der Waals surface area contributed by atoms with Crippen LogP contribution in [0.15, 0.2) is 95.9 Å². The topological polar surface area (TPSA) is 104 Å². The highest BCUT2D eigenvalue weighted by Crippen LogP contribution is 2.38. The summed E-state index contributed by atoms with van der Waals surface area (Å²) in [6.45, 7) is 2.14. The molecule has 45 heavy (non-hydrogen) atoms. The predicted molar refractivity (Wildman–Crippen MR) is 179 cm³/mol. The maximum Gasteiger partial charge on any atom is 0.277 e. The molecule has 1 fully saturated rings. The molecule has 2 unspecified atom stereocenters. The molecular weight excluding hydrogens is 586 g/mol. The summed E-state index contributed by atoms with van der Waals surface area (Å²) >= 11 is 0. The number of benzene rings is 3. The van der Waals surface area contributed by atoms with E-state index in [2.05, 4.69) is 34.4 Å². The van der Waals surface area contributed by atoms with Crippen molar-refractivity contribution in [2.24, 2.45) is 0 Å². The van der Waals surface area contributed by atoms with Gasteiger partial charge in [-0.25, -0.2) is 13.4 Å². The van der Waals surface area contributed by atoms with E-state index in [9.17, 15) is 13.2 Å². The van der Waals surface area contributed by atoms with Gasteiger partial charge in [-0.1, -0.05) is 48.5 Å². The first-order chi connectivity index (χ1) is 21.7. The molecule has 10 nitrogen and oxygen atoms in total. The largest absolute Gasteiger partial charge is 0.340 e. The SMILES string of the molecule is CN1CCC(c2ccc(Nc3ncc4cc(N(C)c5ccccc5)c(=O)n(C5Cc6ccccc6N(C)S5(=O)=O)c4n3)cc2)C1. The van der Waals surface area contributed by atoms with Gasteiger partial charge in [-0.2, -0.15) is 4.98 Å². The second-order valence-corrected chi connectivity index (χ2v) is 14.0. The average molecular weight is 622 g/mol. The molecule has 230 valence electrons. The Morgan fingerprint density at radius 2 is 1.69 bits per heavy atom. The lowest BCUT2D eigenvalue weighted by atomic mass is 9.98. The van der Waals surface area contributed by atoms with Crippen LogP contribution in [0.4, 0.5) is 28.7 Å². The maximum atomic E-state index is 14.4. The van der Waals surface area contributed by atoms with E-state index in [0.717, 1.165) is 36.4 Å².